The summed E-state index contributed by atoms with van der Waals surface area (Å²) < 4.78 is 1.83. The molecule has 1 aromatic heterocycles. The number of benzene rings is 1. The SMILES string of the molecule is CCN1CCNC(=O)C1CC(=O)Nc1c(-c2ccccc2)cnn1C(C)(C)C. The van der Waals surface area contributed by atoms with E-state index in [1.807, 2.05) is 67.6 Å². The standard InChI is InChI=1S/C21H29N5O2/c1-5-25-12-11-22-20(28)17(25)13-18(27)24-19-16(15-9-7-6-8-10-15)14-23-26(19)21(2,3)4/h6-10,14,17H,5,11-13H2,1-4H3,(H,22,28)(H,24,27). The van der Waals surface area contributed by atoms with E-state index < -0.39 is 6.04 Å². The highest BCUT2D eigenvalue weighted by Crippen LogP contribution is 2.32. The van der Waals surface area contributed by atoms with Crippen molar-refractivity contribution in [2.24, 2.45) is 0 Å². The zero-order valence-electron chi connectivity index (χ0n) is 17.0. The molecule has 1 atom stereocenters. The molecule has 28 heavy (non-hydrogen) atoms. The molecule has 1 saturated heterocycles. The molecule has 0 radical (unpaired) electrons. The Balaban J connectivity index is 1.87. The summed E-state index contributed by atoms with van der Waals surface area (Å²) in [5.41, 5.74) is 1.55. The summed E-state index contributed by atoms with van der Waals surface area (Å²) in [7, 11) is 0. The molecular formula is C21H29N5O2. The Bertz CT molecular complexity index is 838. The van der Waals surface area contributed by atoms with Crippen molar-refractivity contribution < 1.29 is 9.59 Å². The van der Waals surface area contributed by atoms with Gasteiger partial charge in [0.15, 0.2) is 0 Å². The van der Waals surface area contributed by atoms with Gasteiger partial charge in [-0.1, -0.05) is 37.3 Å². The molecule has 1 aliphatic heterocycles. The number of rotatable bonds is 5. The van der Waals surface area contributed by atoms with E-state index in [9.17, 15) is 9.59 Å². The maximum atomic E-state index is 12.9. The number of likely N-dealkylation sites (N-methyl/N-ethyl adjacent to an activating group) is 1. The maximum Gasteiger partial charge on any atom is 0.237 e. The van der Waals surface area contributed by atoms with Crippen molar-refractivity contribution in [3.05, 3.63) is 36.5 Å². The number of nitrogens with one attached hydrogen (secondary N) is 2. The van der Waals surface area contributed by atoms with Crippen LogP contribution in [0.5, 0.6) is 0 Å². The summed E-state index contributed by atoms with van der Waals surface area (Å²) in [6, 6.07) is 9.42. The second kappa shape index (κ2) is 8.14. The van der Waals surface area contributed by atoms with E-state index in [4.69, 9.17) is 0 Å². The van der Waals surface area contributed by atoms with Crippen molar-refractivity contribution in [1.82, 2.24) is 20.0 Å². The van der Waals surface area contributed by atoms with Gasteiger partial charge in [-0.25, -0.2) is 4.68 Å². The van der Waals surface area contributed by atoms with Gasteiger partial charge in [0, 0.05) is 18.7 Å². The van der Waals surface area contributed by atoms with Gasteiger partial charge in [-0.3, -0.25) is 14.5 Å². The van der Waals surface area contributed by atoms with Crippen molar-refractivity contribution in [2.45, 2.75) is 45.7 Å². The zero-order chi connectivity index (χ0) is 20.3. The van der Waals surface area contributed by atoms with Crippen LogP contribution in [-0.2, 0) is 15.1 Å². The van der Waals surface area contributed by atoms with Gasteiger partial charge >= 0.3 is 0 Å². The van der Waals surface area contributed by atoms with E-state index in [2.05, 4.69) is 15.7 Å². The van der Waals surface area contributed by atoms with Crippen molar-refractivity contribution >= 4 is 17.6 Å². The quantitative estimate of drug-likeness (QED) is 0.831. The summed E-state index contributed by atoms with van der Waals surface area (Å²) in [5.74, 6) is 0.377. The van der Waals surface area contributed by atoms with Gasteiger partial charge in [0.1, 0.15) is 5.82 Å². The fraction of sp³-hybridized carbons (Fsp3) is 0.476. The van der Waals surface area contributed by atoms with Gasteiger partial charge < -0.3 is 10.6 Å². The van der Waals surface area contributed by atoms with Gasteiger partial charge in [-0.2, -0.15) is 5.10 Å². The van der Waals surface area contributed by atoms with Crippen LogP contribution in [0.4, 0.5) is 5.82 Å². The average molecular weight is 383 g/mol. The van der Waals surface area contributed by atoms with Crippen molar-refractivity contribution in [3.63, 3.8) is 0 Å². The lowest BCUT2D eigenvalue weighted by Crippen LogP contribution is -2.56. The monoisotopic (exact) mass is 383 g/mol. The van der Waals surface area contributed by atoms with E-state index >= 15 is 0 Å². The lowest BCUT2D eigenvalue weighted by Gasteiger charge is -2.33. The summed E-state index contributed by atoms with van der Waals surface area (Å²) in [6.07, 6.45) is 1.89. The Morgan fingerprint density at radius 1 is 1.29 bits per heavy atom. The molecule has 1 fully saturated rings. The minimum atomic E-state index is -0.440. The number of anilines is 1. The zero-order valence-corrected chi connectivity index (χ0v) is 17.0. The predicted molar refractivity (Wildman–Crippen MR) is 110 cm³/mol. The van der Waals surface area contributed by atoms with Crippen molar-refractivity contribution in [3.8, 4) is 11.1 Å². The number of nitrogens with zero attached hydrogens (tertiary/aromatic N) is 3. The Labute approximate surface area is 166 Å². The molecule has 2 N–H and O–H groups in total. The van der Waals surface area contributed by atoms with Gasteiger partial charge in [-0.05, 0) is 32.9 Å². The molecule has 1 aliphatic rings. The number of carbonyl (C=O) groups excluding carboxylic acids is 2. The molecule has 3 rings (SSSR count). The number of carbonyl (C=O) groups is 2. The lowest BCUT2D eigenvalue weighted by atomic mass is 10.1. The number of aromatic nitrogens is 2. The molecule has 7 nitrogen and oxygen atoms in total. The molecule has 0 saturated carbocycles. The van der Waals surface area contributed by atoms with E-state index in [0.717, 1.165) is 24.2 Å². The largest absolute Gasteiger partial charge is 0.353 e. The summed E-state index contributed by atoms with van der Waals surface area (Å²) in [5, 5.41) is 10.4. The third-order valence-corrected chi connectivity index (χ3v) is 4.97. The first-order chi connectivity index (χ1) is 13.3. The molecule has 2 amide bonds. The topological polar surface area (TPSA) is 79.3 Å². The van der Waals surface area contributed by atoms with Crippen LogP contribution >= 0.6 is 0 Å². The van der Waals surface area contributed by atoms with Crippen LogP contribution in [0, 0.1) is 0 Å². The van der Waals surface area contributed by atoms with E-state index in [1.165, 1.54) is 0 Å². The van der Waals surface area contributed by atoms with Gasteiger partial charge in [-0.15, -0.1) is 0 Å². The molecule has 150 valence electrons. The maximum absolute atomic E-state index is 12.9. The lowest BCUT2D eigenvalue weighted by molar-refractivity contribution is -0.132. The van der Waals surface area contributed by atoms with Crippen LogP contribution in [0.1, 0.15) is 34.1 Å². The molecule has 7 heteroatoms. The number of amides is 2. The van der Waals surface area contributed by atoms with E-state index in [1.54, 1.807) is 6.20 Å². The van der Waals surface area contributed by atoms with Crippen molar-refractivity contribution in [2.75, 3.05) is 25.0 Å². The Morgan fingerprint density at radius 2 is 2.00 bits per heavy atom. The average Bonchev–Trinajstić information content (AvgIpc) is 3.08. The Hall–Kier alpha value is -2.67. The Kier molecular flexibility index (Phi) is 5.84. The van der Waals surface area contributed by atoms with Crippen LogP contribution in [0.3, 0.4) is 0 Å². The second-order valence-corrected chi connectivity index (χ2v) is 8.04. The third-order valence-electron chi connectivity index (χ3n) is 4.97. The number of hydrogen-bond acceptors (Lipinski definition) is 4. The fourth-order valence-electron chi connectivity index (χ4n) is 3.53. The smallest absolute Gasteiger partial charge is 0.237 e. The first kappa shape index (κ1) is 20.1. The van der Waals surface area contributed by atoms with Gasteiger partial charge in [0.05, 0.1) is 24.2 Å². The third kappa shape index (κ3) is 4.25. The molecule has 0 bridgehead atoms. The van der Waals surface area contributed by atoms with Gasteiger partial charge in [0.2, 0.25) is 11.8 Å². The van der Waals surface area contributed by atoms with Crippen LogP contribution < -0.4 is 10.6 Å². The molecular weight excluding hydrogens is 354 g/mol. The summed E-state index contributed by atoms with van der Waals surface area (Å²) in [6.45, 7) is 10.2. The van der Waals surface area contributed by atoms with Gasteiger partial charge in [0.25, 0.3) is 0 Å². The number of hydrogen-bond donors (Lipinski definition) is 2. The second-order valence-electron chi connectivity index (χ2n) is 8.04. The highest BCUT2D eigenvalue weighted by Gasteiger charge is 2.31. The summed E-state index contributed by atoms with van der Waals surface area (Å²) >= 11 is 0. The first-order valence-corrected chi connectivity index (χ1v) is 9.76. The highest BCUT2D eigenvalue weighted by atomic mass is 16.2. The Morgan fingerprint density at radius 3 is 2.64 bits per heavy atom. The predicted octanol–water partition coefficient (Wildman–Crippen LogP) is 2.45. The molecule has 1 aromatic carbocycles. The molecule has 0 spiro atoms. The molecule has 2 heterocycles. The van der Waals surface area contributed by atoms with Crippen LogP contribution in [0.15, 0.2) is 36.5 Å². The molecule has 0 aliphatic carbocycles. The van der Waals surface area contributed by atoms with Crippen LogP contribution in [0.2, 0.25) is 0 Å². The minimum Gasteiger partial charge on any atom is -0.353 e. The fourth-order valence-corrected chi connectivity index (χ4v) is 3.53. The summed E-state index contributed by atoms with van der Waals surface area (Å²) in [4.78, 5) is 27.2. The molecule has 1 unspecified atom stereocenters. The van der Waals surface area contributed by atoms with Crippen LogP contribution in [-0.4, -0.2) is 52.2 Å². The van der Waals surface area contributed by atoms with Crippen LogP contribution in [0.25, 0.3) is 11.1 Å². The highest BCUT2D eigenvalue weighted by molar-refractivity contribution is 5.97. The minimum absolute atomic E-state index is 0.0872. The van der Waals surface area contributed by atoms with E-state index in [0.29, 0.717) is 12.4 Å². The molecule has 2 aromatic rings. The normalized spacial score (nSPS) is 18.0. The van der Waals surface area contributed by atoms with E-state index in [-0.39, 0.29) is 23.8 Å². The first-order valence-electron chi connectivity index (χ1n) is 9.76. The van der Waals surface area contributed by atoms with Crippen molar-refractivity contribution in [1.29, 1.82) is 0 Å². The number of piperazine rings is 1.